The van der Waals surface area contributed by atoms with Gasteiger partial charge in [0, 0.05) is 0 Å². The lowest BCUT2D eigenvalue weighted by Gasteiger charge is -2.25. The summed E-state index contributed by atoms with van der Waals surface area (Å²) in [7, 11) is 0. The summed E-state index contributed by atoms with van der Waals surface area (Å²) in [5.74, 6) is -1.06. The SMILES string of the molecule is CCCC(C)(NC(=O)OCc1ccccc1)C(=O)O. The molecular weight excluding hydrogens is 246 g/mol. The Balaban J connectivity index is 2.52. The predicted octanol–water partition coefficient (Wildman–Crippen LogP) is 2.56. The average molecular weight is 265 g/mol. The Hall–Kier alpha value is -2.04. The zero-order chi connectivity index (χ0) is 14.3. The number of rotatable bonds is 6. The van der Waals surface area contributed by atoms with Crippen LogP contribution in [0, 0.1) is 0 Å². The molecule has 0 fully saturated rings. The third-order valence-electron chi connectivity index (χ3n) is 2.81. The molecule has 0 aliphatic carbocycles. The minimum absolute atomic E-state index is 0.120. The van der Waals surface area contributed by atoms with E-state index in [0.717, 1.165) is 5.56 Å². The van der Waals surface area contributed by atoms with Gasteiger partial charge >= 0.3 is 12.1 Å². The number of aliphatic carboxylic acids is 1. The van der Waals surface area contributed by atoms with Gasteiger partial charge in [-0.3, -0.25) is 0 Å². The Morgan fingerprint density at radius 3 is 2.47 bits per heavy atom. The second-order valence-corrected chi connectivity index (χ2v) is 4.57. The minimum atomic E-state index is -1.29. The second kappa shape index (κ2) is 6.78. The van der Waals surface area contributed by atoms with Crippen molar-refractivity contribution in [1.29, 1.82) is 0 Å². The Bertz CT molecular complexity index is 432. The van der Waals surface area contributed by atoms with E-state index in [1.807, 2.05) is 37.3 Å². The molecule has 0 spiro atoms. The number of hydrogen-bond donors (Lipinski definition) is 2. The van der Waals surface area contributed by atoms with Crippen LogP contribution in [0.15, 0.2) is 30.3 Å². The van der Waals surface area contributed by atoms with Gasteiger partial charge in [0.05, 0.1) is 0 Å². The van der Waals surface area contributed by atoms with Gasteiger partial charge in [-0.25, -0.2) is 9.59 Å². The van der Waals surface area contributed by atoms with E-state index in [1.54, 1.807) is 0 Å². The van der Waals surface area contributed by atoms with Gasteiger partial charge in [0.1, 0.15) is 12.1 Å². The zero-order valence-electron chi connectivity index (χ0n) is 11.2. The molecule has 1 atom stereocenters. The van der Waals surface area contributed by atoms with Gasteiger partial charge in [-0.1, -0.05) is 43.7 Å². The van der Waals surface area contributed by atoms with Crippen LogP contribution < -0.4 is 5.32 Å². The lowest BCUT2D eigenvalue weighted by atomic mass is 9.97. The first-order valence-corrected chi connectivity index (χ1v) is 6.20. The van der Waals surface area contributed by atoms with Gasteiger partial charge in [0.25, 0.3) is 0 Å². The first-order valence-electron chi connectivity index (χ1n) is 6.20. The summed E-state index contributed by atoms with van der Waals surface area (Å²) in [5.41, 5.74) is -0.437. The molecule has 1 aromatic rings. The minimum Gasteiger partial charge on any atom is -0.480 e. The maximum Gasteiger partial charge on any atom is 0.408 e. The highest BCUT2D eigenvalue weighted by molar-refractivity contribution is 5.83. The zero-order valence-corrected chi connectivity index (χ0v) is 11.2. The van der Waals surface area contributed by atoms with Crippen molar-refractivity contribution in [2.45, 2.75) is 38.8 Å². The van der Waals surface area contributed by atoms with Crippen molar-refractivity contribution in [3.63, 3.8) is 0 Å². The monoisotopic (exact) mass is 265 g/mol. The van der Waals surface area contributed by atoms with Crippen molar-refractivity contribution in [2.75, 3.05) is 0 Å². The largest absolute Gasteiger partial charge is 0.480 e. The van der Waals surface area contributed by atoms with Crippen molar-refractivity contribution < 1.29 is 19.4 Å². The number of hydrogen-bond acceptors (Lipinski definition) is 3. The quantitative estimate of drug-likeness (QED) is 0.828. The molecule has 1 amide bonds. The number of carbonyl (C=O) groups is 2. The fourth-order valence-electron chi connectivity index (χ4n) is 1.71. The van der Waals surface area contributed by atoms with E-state index in [1.165, 1.54) is 6.92 Å². The third-order valence-corrected chi connectivity index (χ3v) is 2.81. The number of alkyl carbamates (subject to hydrolysis) is 1. The van der Waals surface area contributed by atoms with Gasteiger partial charge in [0.2, 0.25) is 0 Å². The summed E-state index contributed by atoms with van der Waals surface area (Å²) in [6.07, 6.45) is 0.284. The fourth-order valence-corrected chi connectivity index (χ4v) is 1.71. The van der Waals surface area contributed by atoms with Gasteiger partial charge in [-0.05, 0) is 18.9 Å². The number of carboxylic acids is 1. The Morgan fingerprint density at radius 1 is 1.32 bits per heavy atom. The Labute approximate surface area is 112 Å². The summed E-state index contributed by atoms with van der Waals surface area (Å²) < 4.78 is 5.01. The molecule has 1 aromatic carbocycles. The molecule has 1 unspecified atom stereocenters. The molecule has 0 saturated heterocycles. The van der Waals surface area contributed by atoms with Crippen molar-refractivity contribution in [2.24, 2.45) is 0 Å². The molecule has 5 nitrogen and oxygen atoms in total. The van der Waals surface area contributed by atoms with Crippen molar-refractivity contribution in [3.8, 4) is 0 Å². The van der Waals surface area contributed by atoms with Crippen LogP contribution in [-0.4, -0.2) is 22.7 Å². The smallest absolute Gasteiger partial charge is 0.408 e. The summed E-state index contributed by atoms with van der Waals surface area (Å²) in [4.78, 5) is 22.8. The molecule has 0 bridgehead atoms. The highest BCUT2D eigenvalue weighted by atomic mass is 16.5. The molecule has 104 valence electrons. The molecule has 0 saturated carbocycles. The van der Waals surface area contributed by atoms with Crippen LogP contribution in [0.1, 0.15) is 32.3 Å². The molecule has 0 aliphatic rings. The lowest BCUT2D eigenvalue weighted by molar-refractivity contribution is -0.144. The second-order valence-electron chi connectivity index (χ2n) is 4.57. The van der Waals surface area contributed by atoms with E-state index >= 15 is 0 Å². The van der Waals surface area contributed by atoms with Crippen molar-refractivity contribution >= 4 is 12.1 Å². The van der Waals surface area contributed by atoms with Crippen LogP contribution in [0.2, 0.25) is 0 Å². The number of carbonyl (C=O) groups excluding carboxylic acids is 1. The molecule has 0 aromatic heterocycles. The van der Waals surface area contributed by atoms with Crippen LogP contribution in [0.4, 0.5) is 4.79 Å². The molecular formula is C14H19NO4. The lowest BCUT2D eigenvalue weighted by Crippen LogP contribution is -2.52. The first kappa shape index (κ1) is 15.0. The highest BCUT2D eigenvalue weighted by Gasteiger charge is 2.34. The van der Waals surface area contributed by atoms with E-state index in [9.17, 15) is 9.59 Å². The normalized spacial score (nSPS) is 13.4. The molecule has 19 heavy (non-hydrogen) atoms. The van der Waals surface area contributed by atoms with Crippen LogP contribution in [0.5, 0.6) is 0 Å². The number of nitrogens with one attached hydrogen (secondary N) is 1. The first-order chi connectivity index (χ1) is 8.98. The topological polar surface area (TPSA) is 75.6 Å². The van der Waals surface area contributed by atoms with E-state index in [0.29, 0.717) is 12.8 Å². The average Bonchev–Trinajstić information content (AvgIpc) is 2.37. The van der Waals surface area contributed by atoms with E-state index in [2.05, 4.69) is 5.32 Å². The molecule has 0 aliphatic heterocycles. The van der Waals surface area contributed by atoms with E-state index in [4.69, 9.17) is 9.84 Å². The van der Waals surface area contributed by atoms with Crippen LogP contribution in [0.25, 0.3) is 0 Å². The van der Waals surface area contributed by atoms with Gasteiger partial charge in [0.15, 0.2) is 0 Å². The van der Waals surface area contributed by atoms with E-state index in [-0.39, 0.29) is 6.61 Å². The number of amides is 1. The van der Waals surface area contributed by atoms with E-state index < -0.39 is 17.6 Å². The number of ether oxygens (including phenoxy) is 1. The van der Waals surface area contributed by atoms with Gasteiger partial charge in [-0.2, -0.15) is 0 Å². The summed E-state index contributed by atoms with van der Waals surface area (Å²) in [6, 6.07) is 9.21. The molecule has 5 heteroatoms. The molecule has 0 radical (unpaired) electrons. The summed E-state index contributed by atoms with van der Waals surface area (Å²) >= 11 is 0. The summed E-state index contributed by atoms with van der Waals surface area (Å²) in [6.45, 7) is 3.45. The van der Waals surface area contributed by atoms with Crippen LogP contribution in [-0.2, 0) is 16.1 Å². The van der Waals surface area contributed by atoms with Gasteiger partial charge in [-0.15, -0.1) is 0 Å². The summed E-state index contributed by atoms with van der Waals surface area (Å²) in [5, 5.41) is 11.5. The number of benzene rings is 1. The number of carboxylic acid groups (broad SMARTS) is 1. The molecule has 2 N–H and O–H groups in total. The van der Waals surface area contributed by atoms with Crippen LogP contribution in [0.3, 0.4) is 0 Å². The third kappa shape index (κ3) is 4.62. The maximum atomic E-state index is 11.6. The Morgan fingerprint density at radius 2 is 1.95 bits per heavy atom. The maximum absolute atomic E-state index is 11.6. The van der Waals surface area contributed by atoms with Gasteiger partial charge < -0.3 is 15.2 Å². The van der Waals surface area contributed by atoms with Crippen molar-refractivity contribution in [3.05, 3.63) is 35.9 Å². The molecule has 0 heterocycles. The highest BCUT2D eigenvalue weighted by Crippen LogP contribution is 2.13. The fraction of sp³-hybridized carbons (Fsp3) is 0.429. The Kier molecular flexibility index (Phi) is 5.36. The predicted molar refractivity (Wildman–Crippen MR) is 70.7 cm³/mol. The standard InChI is InChI=1S/C14H19NO4/c1-3-9-14(2,12(16)17)15-13(18)19-10-11-7-5-4-6-8-11/h4-8H,3,9-10H2,1-2H3,(H,15,18)(H,16,17). The van der Waals surface area contributed by atoms with Crippen LogP contribution >= 0.6 is 0 Å². The van der Waals surface area contributed by atoms with Crippen molar-refractivity contribution in [1.82, 2.24) is 5.32 Å². The molecule has 1 rings (SSSR count).